The second-order valence-electron chi connectivity index (χ2n) is 5.56. The van der Waals surface area contributed by atoms with E-state index in [1.807, 2.05) is 0 Å². The van der Waals surface area contributed by atoms with Crippen molar-refractivity contribution >= 4 is 50.4 Å². The van der Waals surface area contributed by atoms with Gasteiger partial charge in [-0.2, -0.15) is 0 Å². The van der Waals surface area contributed by atoms with Crippen molar-refractivity contribution < 1.29 is 19.8 Å². The third-order valence-corrected chi connectivity index (χ3v) is 4.89. The summed E-state index contributed by atoms with van der Waals surface area (Å²) in [5.41, 5.74) is 1.48. The Balaban J connectivity index is 1.92. The molecule has 0 spiro atoms. The molecule has 9 nitrogen and oxygen atoms in total. The predicted molar refractivity (Wildman–Crippen MR) is 90.8 cm³/mol. The number of halogens is 1. The molecule has 2 unspecified atom stereocenters. The van der Waals surface area contributed by atoms with Crippen LogP contribution in [0.3, 0.4) is 0 Å². The molecule has 2 aliphatic heterocycles. The van der Waals surface area contributed by atoms with Crippen molar-refractivity contribution in [2.24, 2.45) is 4.99 Å². The number of rotatable bonds is 1. The molecule has 1 aromatic heterocycles. The Kier molecular flexibility index (Phi) is 3.74. The van der Waals surface area contributed by atoms with Crippen LogP contribution < -0.4 is 4.90 Å². The molecule has 0 radical (unpaired) electrons. The molecule has 4 rings (SSSR count). The molecule has 1 aromatic carbocycles. The minimum Gasteiger partial charge on any atom is -0.380 e. The van der Waals surface area contributed by atoms with E-state index in [9.17, 15) is 19.8 Å². The van der Waals surface area contributed by atoms with Crippen molar-refractivity contribution in [3.05, 3.63) is 29.0 Å². The highest BCUT2D eigenvalue weighted by molar-refractivity contribution is 9.10. The maximum Gasteiger partial charge on any atom is 0.266 e. The third kappa shape index (κ3) is 2.33. The number of aliphatic hydroxyl groups excluding tert-OH is 2. The van der Waals surface area contributed by atoms with E-state index < -0.39 is 24.0 Å². The molecule has 0 bridgehead atoms. The molecule has 25 heavy (non-hydrogen) atoms. The summed E-state index contributed by atoms with van der Waals surface area (Å²) < 4.78 is 0.469. The normalized spacial score (nSPS) is 23.7. The van der Waals surface area contributed by atoms with E-state index in [1.165, 1.54) is 11.1 Å². The number of carbonyl (C=O) groups is 2. The number of carbonyl (C=O) groups excluding carboxylic acids is 2. The van der Waals surface area contributed by atoms with Crippen molar-refractivity contribution in [2.75, 3.05) is 18.0 Å². The number of aromatic nitrogens is 2. The van der Waals surface area contributed by atoms with Crippen LogP contribution in [0.1, 0.15) is 0 Å². The Morgan fingerprint density at radius 1 is 1.08 bits per heavy atom. The Morgan fingerprint density at radius 2 is 1.80 bits per heavy atom. The van der Waals surface area contributed by atoms with Gasteiger partial charge in [0, 0.05) is 18.9 Å². The summed E-state index contributed by atoms with van der Waals surface area (Å²) in [4.78, 5) is 40.0. The molecular weight excluding hydrogens is 394 g/mol. The van der Waals surface area contributed by atoms with Crippen LogP contribution in [-0.2, 0) is 9.59 Å². The van der Waals surface area contributed by atoms with E-state index in [-0.39, 0.29) is 12.5 Å². The van der Waals surface area contributed by atoms with Gasteiger partial charge in [-0.05, 0) is 28.1 Å². The van der Waals surface area contributed by atoms with Crippen molar-refractivity contribution in [3.8, 4) is 0 Å². The van der Waals surface area contributed by atoms with E-state index in [0.717, 1.165) is 4.90 Å². The SMILES string of the molecule is O=C1C(O)C(O)C(=O)N(c2ccc3nccnc3c2Br)C2=NCCN12. The smallest absolute Gasteiger partial charge is 0.266 e. The number of aliphatic hydroxyl groups is 2. The first kappa shape index (κ1) is 16.1. The monoisotopic (exact) mass is 405 g/mol. The quantitative estimate of drug-likeness (QED) is 0.669. The maximum atomic E-state index is 12.7. The third-order valence-electron chi connectivity index (χ3n) is 4.11. The van der Waals surface area contributed by atoms with Gasteiger partial charge in [0.05, 0.1) is 22.2 Å². The summed E-state index contributed by atoms with van der Waals surface area (Å²) in [6, 6.07) is 3.29. The van der Waals surface area contributed by atoms with Gasteiger partial charge in [0.2, 0.25) is 5.96 Å². The molecule has 128 valence electrons. The summed E-state index contributed by atoms with van der Waals surface area (Å²) in [6.07, 6.45) is -0.652. The molecule has 1 saturated heterocycles. The van der Waals surface area contributed by atoms with Gasteiger partial charge in [0.1, 0.15) is 5.52 Å². The molecule has 3 heterocycles. The van der Waals surface area contributed by atoms with E-state index in [4.69, 9.17) is 0 Å². The Morgan fingerprint density at radius 3 is 2.60 bits per heavy atom. The van der Waals surface area contributed by atoms with E-state index in [0.29, 0.717) is 27.7 Å². The maximum absolute atomic E-state index is 12.7. The van der Waals surface area contributed by atoms with Crippen LogP contribution in [0.15, 0.2) is 34.0 Å². The molecular formula is C15H12BrN5O4. The molecule has 1 fully saturated rings. The van der Waals surface area contributed by atoms with E-state index >= 15 is 0 Å². The number of guanidine groups is 1. The lowest BCUT2D eigenvalue weighted by Crippen LogP contribution is -2.46. The molecule has 2 aliphatic rings. The highest BCUT2D eigenvalue weighted by atomic mass is 79.9. The Hall–Kier alpha value is -2.43. The number of hydrogen-bond donors (Lipinski definition) is 2. The zero-order valence-electron chi connectivity index (χ0n) is 12.7. The van der Waals surface area contributed by atoms with Gasteiger partial charge in [-0.1, -0.05) is 0 Å². The molecule has 2 N–H and O–H groups in total. The van der Waals surface area contributed by atoms with Crippen molar-refractivity contribution in [1.82, 2.24) is 14.9 Å². The fraction of sp³-hybridized carbons (Fsp3) is 0.267. The molecule has 2 atom stereocenters. The van der Waals surface area contributed by atoms with Gasteiger partial charge < -0.3 is 10.2 Å². The zero-order chi connectivity index (χ0) is 17.7. The lowest BCUT2D eigenvalue weighted by Gasteiger charge is -2.26. The number of nitrogens with zero attached hydrogens (tertiary/aromatic N) is 5. The van der Waals surface area contributed by atoms with Gasteiger partial charge in [-0.15, -0.1) is 0 Å². The first-order valence-corrected chi connectivity index (χ1v) is 8.25. The average Bonchev–Trinajstić information content (AvgIpc) is 3.09. The zero-order valence-corrected chi connectivity index (χ0v) is 14.3. The Labute approximate surface area is 149 Å². The van der Waals surface area contributed by atoms with Gasteiger partial charge in [0.25, 0.3) is 11.8 Å². The molecule has 0 aliphatic carbocycles. The summed E-state index contributed by atoms with van der Waals surface area (Å²) >= 11 is 3.42. The summed E-state index contributed by atoms with van der Waals surface area (Å²) in [7, 11) is 0. The van der Waals surface area contributed by atoms with Crippen LogP contribution >= 0.6 is 15.9 Å². The molecule has 0 saturated carbocycles. The summed E-state index contributed by atoms with van der Waals surface area (Å²) in [5.74, 6) is -1.52. The second-order valence-corrected chi connectivity index (χ2v) is 6.35. The number of amides is 2. The molecule has 10 heteroatoms. The van der Waals surface area contributed by atoms with E-state index in [2.05, 4.69) is 30.9 Å². The number of aliphatic imine (C=N–C) groups is 1. The molecule has 2 amide bonds. The first-order chi connectivity index (χ1) is 12.0. The molecule has 2 aromatic rings. The van der Waals surface area contributed by atoms with Gasteiger partial charge >= 0.3 is 0 Å². The highest BCUT2D eigenvalue weighted by Gasteiger charge is 2.46. The fourth-order valence-electron chi connectivity index (χ4n) is 2.89. The number of anilines is 1. The minimum atomic E-state index is -1.88. The largest absolute Gasteiger partial charge is 0.380 e. The second kappa shape index (κ2) is 5.83. The van der Waals surface area contributed by atoms with Gasteiger partial charge in [-0.3, -0.25) is 29.4 Å². The standard InChI is InChI=1S/C15H12BrN5O4/c16-9-8(2-1-7-10(9)18-4-3-17-7)21-14(25)12(23)11(22)13(24)20-6-5-19-15(20)21/h1-4,11-12,22-23H,5-6H2. The minimum absolute atomic E-state index is 0.0783. The van der Waals surface area contributed by atoms with Crippen LogP contribution in [-0.4, -0.2) is 68.2 Å². The average molecular weight is 406 g/mol. The number of fused-ring (bicyclic) bond motifs is 2. The predicted octanol–water partition coefficient (Wildman–Crippen LogP) is -0.341. The summed E-state index contributed by atoms with van der Waals surface area (Å²) in [6.45, 7) is 0.533. The van der Waals surface area contributed by atoms with Gasteiger partial charge in [0.15, 0.2) is 12.2 Å². The summed E-state index contributed by atoms with van der Waals surface area (Å²) in [5, 5.41) is 20.1. The van der Waals surface area contributed by atoms with Crippen LogP contribution in [0, 0.1) is 0 Å². The first-order valence-electron chi connectivity index (χ1n) is 7.46. The lowest BCUT2D eigenvalue weighted by molar-refractivity contribution is -0.146. The van der Waals surface area contributed by atoms with Crippen molar-refractivity contribution in [2.45, 2.75) is 12.2 Å². The number of benzene rings is 1. The Bertz CT molecular complexity index is 933. The number of hydrogen-bond acceptors (Lipinski definition) is 7. The fourth-order valence-corrected chi connectivity index (χ4v) is 3.50. The topological polar surface area (TPSA) is 119 Å². The lowest BCUT2D eigenvalue weighted by atomic mass is 10.1. The van der Waals surface area contributed by atoms with Crippen LogP contribution in [0.25, 0.3) is 11.0 Å². The van der Waals surface area contributed by atoms with Gasteiger partial charge in [-0.25, -0.2) is 4.90 Å². The van der Waals surface area contributed by atoms with Crippen molar-refractivity contribution in [1.29, 1.82) is 0 Å². The van der Waals surface area contributed by atoms with Crippen LogP contribution in [0.4, 0.5) is 5.69 Å². The van der Waals surface area contributed by atoms with E-state index in [1.54, 1.807) is 18.3 Å². The van der Waals surface area contributed by atoms with Crippen molar-refractivity contribution in [3.63, 3.8) is 0 Å². The van der Waals surface area contributed by atoms with Crippen LogP contribution in [0.5, 0.6) is 0 Å². The highest BCUT2D eigenvalue weighted by Crippen LogP contribution is 2.34. The van der Waals surface area contributed by atoms with Crippen LogP contribution in [0.2, 0.25) is 0 Å².